The largest absolute Gasteiger partial charge is 0.389 e. The SMILES string of the molecule is O[C@@H]1COC[C@H]1NCC1CCCN1. The van der Waals surface area contributed by atoms with Crippen molar-refractivity contribution in [1.29, 1.82) is 0 Å². The molecule has 0 bridgehead atoms. The van der Waals surface area contributed by atoms with Crippen molar-refractivity contribution < 1.29 is 9.84 Å². The second-order valence-electron chi connectivity index (χ2n) is 3.91. The van der Waals surface area contributed by atoms with E-state index in [0.717, 1.165) is 13.1 Å². The van der Waals surface area contributed by atoms with E-state index >= 15 is 0 Å². The predicted molar refractivity (Wildman–Crippen MR) is 49.6 cm³/mol. The molecule has 0 aromatic rings. The van der Waals surface area contributed by atoms with Gasteiger partial charge in [0.1, 0.15) is 0 Å². The number of hydrogen-bond donors (Lipinski definition) is 3. The van der Waals surface area contributed by atoms with E-state index in [-0.39, 0.29) is 12.1 Å². The Labute approximate surface area is 78.7 Å². The van der Waals surface area contributed by atoms with E-state index < -0.39 is 0 Å². The Morgan fingerprint density at radius 1 is 1.46 bits per heavy atom. The van der Waals surface area contributed by atoms with E-state index in [9.17, 15) is 5.11 Å². The highest BCUT2D eigenvalue weighted by atomic mass is 16.5. The molecular weight excluding hydrogens is 168 g/mol. The molecule has 4 heteroatoms. The summed E-state index contributed by atoms with van der Waals surface area (Å²) in [6.45, 7) is 3.21. The molecular formula is C9H18N2O2. The minimum Gasteiger partial charge on any atom is -0.389 e. The second kappa shape index (κ2) is 4.37. The maximum atomic E-state index is 9.45. The summed E-state index contributed by atoms with van der Waals surface area (Å²) in [5, 5.41) is 16.2. The normalized spacial score (nSPS) is 39.9. The first-order valence-corrected chi connectivity index (χ1v) is 5.09. The first kappa shape index (κ1) is 9.40. The van der Waals surface area contributed by atoms with Crippen molar-refractivity contribution in [1.82, 2.24) is 10.6 Å². The lowest BCUT2D eigenvalue weighted by atomic mass is 10.2. The third-order valence-corrected chi connectivity index (χ3v) is 2.84. The highest BCUT2D eigenvalue weighted by Crippen LogP contribution is 2.07. The molecule has 0 aromatic carbocycles. The Bertz CT molecular complexity index is 160. The average Bonchev–Trinajstić information content (AvgIpc) is 2.72. The van der Waals surface area contributed by atoms with Gasteiger partial charge in [0, 0.05) is 12.6 Å². The summed E-state index contributed by atoms with van der Waals surface area (Å²) in [6, 6.07) is 0.732. The molecule has 0 saturated carbocycles. The monoisotopic (exact) mass is 186 g/mol. The fourth-order valence-electron chi connectivity index (χ4n) is 1.96. The zero-order chi connectivity index (χ0) is 9.10. The van der Waals surface area contributed by atoms with Gasteiger partial charge in [0.15, 0.2) is 0 Å². The molecule has 1 unspecified atom stereocenters. The molecule has 2 aliphatic rings. The number of aliphatic hydroxyl groups excluding tert-OH is 1. The molecule has 0 radical (unpaired) electrons. The zero-order valence-corrected chi connectivity index (χ0v) is 7.83. The maximum Gasteiger partial charge on any atom is 0.0948 e. The van der Waals surface area contributed by atoms with E-state index in [1.807, 2.05) is 0 Å². The van der Waals surface area contributed by atoms with Crippen LogP contribution >= 0.6 is 0 Å². The molecule has 2 heterocycles. The van der Waals surface area contributed by atoms with Crippen LogP contribution in [0.15, 0.2) is 0 Å². The van der Waals surface area contributed by atoms with Crippen LogP contribution in [0.25, 0.3) is 0 Å². The summed E-state index contributed by atoms with van der Waals surface area (Å²) in [7, 11) is 0. The summed E-state index contributed by atoms with van der Waals surface area (Å²) in [6.07, 6.45) is 2.20. The highest BCUT2D eigenvalue weighted by molar-refractivity contribution is 4.84. The summed E-state index contributed by atoms with van der Waals surface area (Å²) < 4.78 is 5.15. The standard InChI is InChI=1S/C9H18N2O2/c12-9-6-13-5-8(9)11-4-7-2-1-3-10-7/h7-12H,1-6H2/t7?,8-,9-/m1/s1. The molecule has 2 aliphatic heterocycles. The molecule has 0 aromatic heterocycles. The van der Waals surface area contributed by atoms with Gasteiger partial charge in [0.05, 0.1) is 25.4 Å². The Morgan fingerprint density at radius 3 is 3.00 bits per heavy atom. The van der Waals surface area contributed by atoms with E-state index in [1.54, 1.807) is 0 Å². The summed E-state index contributed by atoms with van der Waals surface area (Å²) in [5.74, 6) is 0. The van der Waals surface area contributed by atoms with E-state index in [2.05, 4.69) is 10.6 Å². The Hall–Kier alpha value is -0.160. The van der Waals surface area contributed by atoms with Gasteiger partial charge >= 0.3 is 0 Å². The molecule has 0 amide bonds. The smallest absolute Gasteiger partial charge is 0.0948 e. The number of rotatable bonds is 3. The lowest BCUT2D eigenvalue weighted by Gasteiger charge is -2.17. The zero-order valence-electron chi connectivity index (χ0n) is 7.83. The van der Waals surface area contributed by atoms with Crippen LogP contribution in [0.5, 0.6) is 0 Å². The predicted octanol–water partition coefficient (Wildman–Crippen LogP) is -0.912. The Kier molecular flexibility index (Phi) is 3.16. The van der Waals surface area contributed by atoms with Crippen molar-refractivity contribution in [3.63, 3.8) is 0 Å². The second-order valence-corrected chi connectivity index (χ2v) is 3.91. The minimum absolute atomic E-state index is 0.141. The first-order chi connectivity index (χ1) is 6.36. The van der Waals surface area contributed by atoms with Gasteiger partial charge in [-0.05, 0) is 19.4 Å². The number of nitrogens with one attached hydrogen (secondary N) is 2. The van der Waals surface area contributed by atoms with Crippen LogP contribution in [0.1, 0.15) is 12.8 Å². The molecule has 2 saturated heterocycles. The lowest BCUT2D eigenvalue weighted by molar-refractivity contribution is 0.122. The van der Waals surface area contributed by atoms with Gasteiger partial charge in [0.2, 0.25) is 0 Å². The molecule has 13 heavy (non-hydrogen) atoms. The Morgan fingerprint density at radius 2 is 2.38 bits per heavy atom. The van der Waals surface area contributed by atoms with Crippen LogP contribution in [0.3, 0.4) is 0 Å². The van der Waals surface area contributed by atoms with Crippen molar-refractivity contribution in [2.24, 2.45) is 0 Å². The topological polar surface area (TPSA) is 53.5 Å². The summed E-state index contributed by atoms with van der Waals surface area (Å²) in [4.78, 5) is 0. The molecule has 2 fully saturated rings. The summed E-state index contributed by atoms with van der Waals surface area (Å²) >= 11 is 0. The third-order valence-electron chi connectivity index (χ3n) is 2.84. The van der Waals surface area contributed by atoms with Crippen LogP contribution in [0.2, 0.25) is 0 Å². The van der Waals surface area contributed by atoms with Crippen LogP contribution in [0.4, 0.5) is 0 Å². The number of aliphatic hydroxyl groups is 1. The molecule has 0 spiro atoms. The molecule has 0 aliphatic carbocycles. The average molecular weight is 186 g/mol. The number of hydrogen-bond acceptors (Lipinski definition) is 4. The molecule has 76 valence electrons. The van der Waals surface area contributed by atoms with Crippen molar-refractivity contribution in [3.8, 4) is 0 Å². The number of ether oxygens (including phenoxy) is 1. The first-order valence-electron chi connectivity index (χ1n) is 5.09. The van der Waals surface area contributed by atoms with E-state index in [0.29, 0.717) is 19.3 Å². The van der Waals surface area contributed by atoms with Crippen molar-refractivity contribution in [2.75, 3.05) is 26.3 Å². The maximum absolute atomic E-state index is 9.45. The minimum atomic E-state index is -0.318. The fourth-order valence-corrected chi connectivity index (χ4v) is 1.96. The third kappa shape index (κ3) is 2.40. The van der Waals surface area contributed by atoms with Gasteiger partial charge in [-0.15, -0.1) is 0 Å². The van der Waals surface area contributed by atoms with Crippen LogP contribution < -0.4 is 10.6 Å². The Balaban J connectivity index is 1.66. The molecule has 2 rings (SSSR count). The lowest BCUT2D eigenvalue weighted by Crippen LogP contribution is -2.44. The van der Waals surface area contributed by atoms with Gasteiger partial charge in [-0.25, -0.2) is 0 Å². The van der Waals surface area contributed by atoms with Crippen molar-refractivity contribution in [2.45, 2.75) is 31.0 Å². The van der Waals surface area contributed by atoms with Crippen LogP contribution in [-0.4, -0.2) is 49.6 Å². The van der Waals surface area contributed by atoms with Crippen LogP contribution in [-0.2, 0) is 4.74 Å². The van der Waals surface area contributed by atoms with Gasteiger partial charge in [-0.1, -0.05) is 0 Å². The van der Waals surface area contributed by atoms with E-state index in [1.165, 1.54) is 12.8 Å². The van der Waals surface area contributed by atoms with Crippen LogP contribution in [0, 0.1) is 0 Å². The molecule has 3 atom stereocenters. The molecule has 4 nitrogen and oxygen atoms in total. The van der Waals surface area contributed by atoms with Gasteiger partial charge < -0.3 is 20.5 Å². The quantitative estimate of drug-likeness (QED) is 0.534. The van der Waals surface area contributed by atoms with Gasteiger partial charge in [-0.2, -0.15) is 0 Å². The van der Waals surface area contributed by atoms with Crippen molar-refractivity contribution in [3.05, 3.63) is 0 Å². The van der Waals surface area contributed by atoms with Gasteiger partial charge in [-0.3, -0.25) is 0 Å². The van der Waals surface area contributed by atoms with E-state index in [4.69, 9.17) is 4.74 Å². The summed E-state index contributed by atoms with van der Waals surface area (Å²) in [5.41, 5.74) is 0. The highest BCUT2D eigenvalue weighted by Gasteiger charge is 2.26. The molecule has 3 N–H and O–H groups in total. The van der Waals surface area contributed by atoms with Gasteiger partial charge in [0.25, 0.3) is 0 Å². The van der Waals surface area contributed by atoms with Crippen molar-refractivity contribution >= 4 is 0 Å². The fraction of sp³-hybridized carbons (Fsp3) is 1.00.